The van der Waals surface area contributed by atoms with Gasteiger partial charge in [-0.15, -0.1) is 0 Å². The maximum Gasteiger partial charge on any atom is 0.221 e. The molecule has 1 atom stereocenters. The van der Waals surface area contributed by atoms with Crippen molar-refractivity contribution in [2.45, 2.75) is 58.4 Å². The summed E-state index contributed by atoms with van der Waals surface area (Å²) in [4.78, 5) is 11.4. The van der Waals surface area contributed by atoms with E-state index in [9.17, 15) is 4.79 Å². The van der Waals surface area contributed by atoms with Crippen LogP contribution in [-0.4, -0.2) is 24.2 Å². The van der Waals surface area contributed by atoms with Crippen molar-refractivity contribution in [2.75, 3.05) is 18.5 Å². The van der Waals surface area contributed by atoms with E-state index in [2.05, 4.69) is 90.3 Å². The minimum atomic E-state index is -0.100. The molecule has 39 heavy (non-hydrogen) atoms. The predicted molar refractivity (Wildman–Crippen MR) is 156 cm³/mol. The lowest BCUT2D eigenvalue weighted by Crippen LogP contribution is -2.27. The smallest absolute Gasteiger partial charge is 0.221 e. The average molecular weight is 526 g/mol. The lowest BCUT2D eigenvalue weighted by atomic mass is 9.83. The molecular formula is C33H39N3O3. The van der Waals surface area contributed by atoms with Crippen molar-refractivity contribution in [1.82, 2.24) is 10.5 Å². The predicted octanol–water partition coefficient (Wildman–Crippen LogP) is 7.39. The van der Waals surface area contributed by atoms with Gasteiger partial charge in [-0.25, -0.2) is 0 Å². The summed E-state index contributed by atoms with van der Waals surface area (Å²) in [6, 6.07) is 28.9. The summed E-state index contributed by atoms with van der Waals surface area (Å²) in [6.07, 6.45) is 1.69. The van der Waals surface area contributed by atoms with E-state index in [1.807, 2.05) is 31.2 Å². The topological polar surface area (TPSA) is 76.4 Å². The van der Waals surface area contributed by atoms with Crippen molar-refractivity contribution in [3.8, 4) is 5.75 Å². The summed E-state index contributed by atoms with van der Waals surface area (Å²) < 4.78 is 11.8. The number of carbonyl (C=O) groups is 1. The van der Waals surface area contributed by atoms with Gasteiger partial charge in [0.2, 0.25) is 5.91 Å². The molecule has 0 aliphatic rings. The monoisotopic (exact) mass is 525 g/mol. The highest BCUT2D eigenvalue weighted by Crippen LogP contribution is 2.37. The van der Waals surface area contributed by atoms with Crippen LogP contribution in [0.3, 0.4) is 0 Å². The van der Waals surface area contributed by atoms with Gasteiger partial charge >= 0.3 is 0 Å². The van der Waals surface area contributed by atoms with Gasteiger partial charge in [0.25, 0.3) is 0 Å². The van der Waals surface area contributed by atoms with E-state index in [4.69, 9.17) is 9.26 Å². The van der Waals surface area contributed by atoms with Gasteiger partial charge in [0.1, 0.15) is 11.5 Å². The minimum Gasteiger partial charge on any atom is -0.493 e. The first kappa shape index (κ1) is 28.1. The van der Waals surface area contributed by atoms with Crippen molar-refractivity contribution in [3.63, 3.8) is 0 Å². The van der Waals surface area contributed by atoms with Crippen LogP contribution in [0.15, 0.2) is 89.5 Å². The number of anilines is 1. The van der Waals surface area contributed by atoms with Gasteiger partial charge in [-0.2, -0.15) is 0 Å². The SMILES string of the molecule is CC(=O)Nc1cccc(OCCCNC(CC(c2ccccc2)c2ccccc2)c2c(C)noc2C(C)C)c1. The van der Waals surface area contributed by atoms with Crippen LogP contribution in [0.1, 0.15) is 79.6 Å². The highest BCUT2D eigenvalue weighted by atomic mass is 16.5. The van der Waals surface area contributed by atoms with Crippen LogP contribution in [0, 0.1) is 6.92 Å². The van der Waals surface area contributed by atoms with E-state index in [1.54, 1.807) is 0 Å². The van der Waals surface area contributed by atoms with Crippen LogP contribution in [0.2, 0.25) is 0 Å². The number of hydrogen-bond donors (Lipinski definition) is 2. The highest BCUT2D eigenvalue weighted by molar-refractivity contribution is 5.88. The van der Waals surface area contributed by atoms with E-state index in [0.717, 1.165) is 47.8 Å². The van der Waals surface area contributed by atoms with Gasteiger partial charge < -0.3 is 19.9 Å². The minimum absolute atomic E-state index is 0.0576. The first-order valence-electron chi connectivity index (χ1n) is 13.7. The highest BCUT2D eigenvalue weighted by Gasteiger charge is 2.28. The molecule has 6 heteroatoms. The molecule has 2 N–H and O–H groups in total. The molecular weight excluding hydrogens is 486 g/mol. The number of amides is 1. The second-order valence-electron chi connectivity index (χ2n) is 10.2. The van der Waals surface area contributed by atoms with E-state index in [1.165, 1.54) is 18.1 Å². The van der Waals surface area contributed by atoms with Gasteiger partial charge in [-0.05, 0) is 49.6 Å². The number of rotatable bonds is 13. The molecule has 0 spiro atoms. The van der Waals surface area contributed by atoms with Crippen molar-refractivity contribution >= 4 is 11.6 Å². The van der Waals surface area contributed by atoms with Crippen LogP contribution in [0.5, 0.6) is 5.75 Å². The summed E-state index contributed by atoms with van der Waals surface area (Å²) in [5.41, 5.74) is 5.40. The molecule has 204 valence electrons. The Morgan fingerprint density at radius 3 is 2.23 bits per heavy atom. The lowest BCUT2D eigenvalue weighted by Gasteiger charge is -2.26. The Balaban J connectivity index is 1.50. The molecule has 0 aliphatic heterocycles. The first-order valence-corrected chi connectivity index (χ1v) is 13.7. The van der Waals surface area contributed by atoms with Gasteiger partial charge in [-0.1, -0.05) is 85.7 Å². The van der Waals surface area contributed by atoms with Crippen molar-refractivity contribution < 1.29 is 14.1 Å². The Kier molecular flexibility index (Phi) is 9.92. The van der Waals surface area contributed by atoms with Crippen LogP contribution in [0.25, 0.3) is 0 Å². The summed E-state index contributed by atoms with van der Waals surface area (Å²) >= 11 is 0. The zero-order valence-corrected chi connectivity index (χ0v) is 23.3. The van der Waals surface area contributed by atoms with E-state index in [0.29, 0.717) is 6.61 Å². The molecule has 1 amide bonds. The third kappa shape index (κ3) is 7.80. The third-order valence-corrected chi connectivity index (χ3v) is 6.82. The van der Waals surface area contributed by atoms with Crippen LogP contribution in [0.4, 0.5) is 5.69 Å². The second kappa shape index (κ2) is 13.8. The molecule has 4 rings (SSSR count). The lowest BCUT2D eigenvalue weighted by molar-refractivity contribution is -0.114. The molecule has 0 saturated carbocycles. The molecule has 0 fully saturated rings. The van der Waals surface area contributed by atoms with Crippen molar-refractivity contribution in [1.29, 1.82) is 0 Å². The van der Waals surface area contributed by atoms with Crippen molar-refractivity contribution in [2.24, 2.45) is 0 Å². The zero-order valence-electron chi connectivity index (χ0n) is 23.3. The van der Waals surface area contributed by atoms with Gasteiger partial charge in [0.05, 0.1) is 12.3 Å². The van der Waals surface area contributed by atoms with Gasteiger partial charge in [0.15, 0.2) is 0 Å². The molecule has 6 nitrogen and oxygen atoms in total. The number of hydrogen-bond acceptors (Lipinski definition) is 5. The fraction of sp³-hybridized carbons (Fsp3) is 0.333. The van der Waals surface area contributed by atoms with Crippen LogP contribution < -0.4 is 15.4 Å². The summed E-state index contributed by atoms with van der Waals surface area (Å²) in [7, 11) is 0. The first-order chi connectivity index (χ1) is 18.9. The van der Waals surface area contributed by atoms with E-state index >= 15 is 0 Å². The molecule has 0 radical (unpaired) electrons. The summed E-state index contributed by atoms with van der Waals surface area (Å²) in [5.74, 6) is 2.03. The molecule has 3 aromatic carbocycles. The molecule has 1 aromatic heterocycles. The number of aromatic nitrogens is 1. The number of nitrogens with one attached hydrogen (secondary N) is 2. The average Bonchev–Trinajstić information content (AvgIpc) is 3.32. The Labute approximate surface area is 231 Å². The fourth-order valence-corrected chi connectivity index (χ4v) is 5.01. The summed E-state index contributed by atoms with van der Waals surface area (Å²) in [5, 5.41) is 11.0. The Bertz CT molecular complexity index is 1280. The Morgan fingerprint density at radius 1 is 0.949 bits per heavy atom. The standard InChI is InChI=1S/C33H39N3O3/c1-23(2)33-32(24(3)36-39-33)31(22-30(26-13-7-5-8-14-26)27-15-9-6-10-16-27)34-19-12-20-38-29-18-11-17-28(21-29)35-25(4)37/h5-11,13-18,21,23,30-31,34H,12,19-20,22H2,1-4H3,(H,35,37). The molecule has 0 bridgehead atoms. The Morgan fingerprint density at radius 2 is 1.62 bits per heavy atom. The number of ether oxygens (including phenoxy) is 1. The maximum absolute atomic E-state index is 11.4. The third-order valence-electron chi connectivity index (χ3n) is 6.82. The van der Waals surface area contributed by atoms with Crippen molar-refractivity contribution in [3.05, 3.63) is 113 Å². The quantitative estimate of drug-likeness (QED) is 0.178. The normalized spacial score (nSPS) is 12.1. The maximum atomic E-state index is 11.4. The van der Waals surface area contributed by atoms with Gasteiger partial charge in [-0.3, -0.25) is 4.79 Å². The Hall–Kier alpha value is -3.90. The van der Waals surface area contributed by atoms with E-state index < -0.39 is 0 Å². The largest absolute Gasteiger partial charge is 0.493 e. The molecule has 0 saturated heterocycles. The van der Waals surface area contributed by atoms with Crippen LogP contribution >= 0.6 is 0 Å². The van der Waals surface area contributed by atoms with Gasteiger partial charge in [0, 0.05) is 42.1 Å². The second-order valence-corrected chi connectivity index (χ2v) is 10.2. The molecule has 1 heterocycles. The van der Waals surface area contributed by atoms with E-state index in [-0.39, 0.29) is 23.8 Å². The zero-order chi connectivity index (χ0) is 27.6. The number of nitrogens with zero attached hydrogens (tertiary/aromatic N) is 1. The fourth-order valence-electron chi connectivity index (χ4n) is 5.01. The number of carbonyl (C=O) groups excluding carboxylic acids is 1. The molecule has 0 aliphatic carbocycles. The molecule has 1 unspecified atom stereocenters. The summed E-state index contributed by atoms with van der Waals surface area (Å²) in [6.45, 7) is 9.16. The number of aryl methyl sites for hydroxylation is 1. The number of benzene rings is 3. The molecule has 4 aromatic rings. The van der Waals surface area contributed by atoms with Crippen LogP contribution in [-0.2, 0) is 4.79 Å².